The van der Waals surface area contributed by atoms with Gasteiger partial charge in [0.25, 0.3) is 0 Å². The molecule has 0 bridgehead atoms. The summed E-state index contributed by atoms with van der Waals surface area (Å²) in [5, 5.41) is 8.86. The van der Waals surface area contributed by atoms with Gasteiger partial charge in [-0.15, -0.1) is 0 Å². The molecule has 1 fully saturated rings. The SMILES string of the molecule is CCCN1CCN(C(=O)N(CC)C(C)CC(=O)O)CC1. The Morgan fingerprint density at radius 3 is 2.25 bits per heavy atom. The van der Waals surface area contributed by atoms with Crippen LogP contribution in [0.2, 0.25) is 0 Å². The predicted octanol–water partition coefficient (Wildman–Crippen LogP) is 1.32. The molecule has 0 aromatic heterocycles. The van der Waals surface area contributed by atoms with Gasteiger partial charge in [-0.1, -0.05) is 6.92 Å². The summed E-state index contributed by atoms with van der Waals surface area (Å²) in [6, 6.07) is -0.295. The van der Waals surface area contributed by atoms with E-state index >= 15 is 0 Å². The number of hydrogen-bond donors (Lipinski definition) is 1. The van der Waals surface area contributed by atoms with Gasteiger partial charge in [0.15, 0.2) is 0 Å². The average molecular weight is 285 g/mol. The third kappa shape index (κ3) is 4.67. The second kappa shape index (κ2) is 8.09. The number of carbonyl (C=O) groups is 2. The Hall–Kier alpha value is -1.30. The normalized spacial score (nSPS) is 17.9. The molecule has 1 N–H and O–H groups in total. The van der Waals surface area contributed by atoms with Gasteiger partial charge < -0.3 is 14.9 Å². The third-order valence-electron chi connectivity index (χ3n) is 3.77. The summed E-state index contributed by atoms with van der Waals surface area (Å²) in [6.45, 7) is 10.7. The zero-order chi connectivity index (χ0) is 15.1. The number of carboxylic acids is 1. The lowest BCUT2D eigenvalue weighted by molar-refractivity contribution is -0.138. The number of rotatable bonds is 6. The maximum Gasteiger partial charge on any atom is 0.320 e. The fraction of sp³-hybridized carbons (Fsp3) is 0.857. The number of carboxylic acid groups (broad SMARTS) is 1. The summed E-state index contributed by atoms with van der Waals surface area (Å²) >= 11 is 0. The van der Waals surface area contributed by atoms with Crippen LogP contribution < -0.4 is 0 Å². The number of urea groups is 1. The lowest BCUT2D eigenvalue weighted by atomic mass is 10.2. The Bertz CT molecular complexity index is 328. The molecule has 1 atom stereocenters. The van der Waals surface area contributed by atoms with Gasteiger partial charge in [0.2, 0.25) is 0 Å². The first-order valence-electron chi connectivity index (χ1n) is 7.49. The second-order valence-electron chi connectivity index (χ2n) is 5.34. The smallest absolute Gasteiger partial charge is 0.320 e. The molecule has 1 aliphatic rings. The van der Waals surface area contributed by atoms with E-state index in [1.807, 2.05) is 11.8 Å². The van der Waals surface area contributed by atoms with Gasteiger partial charge in [-0.2, -0.15) is 0 Å². The fourth-order valence-electron chi connectivity index (χ4n) is 2.66. The van der Waals surface area contributed by atoms with Crippen molar-refractivity contribution in [2.24, 2.45) is 0 Å². The Morgan fingerprint density at radius 1 is 1.20 bits per heavy atom. The molecule has 0 aromatic rings. The van der Waals surface area contributed by atoms with Crippen LogP contribution in [0.3, 0.4) is 0 Å². The largest absolute Gasteiger partial charge is 0.481 e. The van der Waals surface area contributed by atoms with Crippen LogP contribution in [-0.2, 0) is 4.79 Å². The Labute approximate surface area is 121 Å². The zero-order valence-electron chi connectivity index (χ0n) is 12.8. The number of nitrogens with zero attached hydrogens (tertiary/aromatic N) is 3. The molecular formula is C14H27N3O3. The number of amides is 2. The second-order valence-corrected chi connectivity index (χ2v) is 5.34. The summed E-state index contributed by atoms with van der Waals surface area (Å²) < 4.78 is 0. The lowest BCUT2D eigenvalue weighted by Gasteiger charge is -2.38. The molecule has 0 spiro atoms. The van der Waals surface area contributed by atoms with Gasteiger partial charge in [-0.05, 0) is 26.8 Å². The Balaban J connectivity index is 2.53. The molecule has 1 heterocycles. The highest BCUT2D eigenvalue weighted by Gasteiger charge is 2.27. The molecule has 0 aliphatic carbocycles. The van der Waals surface area contributed by atoms with E-state index in [4.69, 9.17) is 5.11 Å². The molecule has 0 saturated carbocycles. The molecule has 6 nitrogen and oxygen atoms in total. The molecular weight excluding hydrogens is 258 g/mol. The van der Waals surface area contributed by atoms with Gasteiger partial charge in [-0.25, -0.2) is 4.79 Å². The molecule has 20 heavy (non-hydrogen) atoms. The van der Waals surface area contributed by atoms with Gasteiger partial charge in [0, 0.05) is 38.8 Å². The highest BCUT2D eigenvalue weighted by atomic mass is 16.4. The van der Waals surface area contributed by atoms with Crippen molar-refractivity contribution in [3.63, 3.8) is 0 Å². The summed E-state index contributed by atoms with van der Waals surface area (Å²) in [5.74, 6) is -0.864. The maximum atomic E-state index is 12.5. The third-order valence-corrected chi connectivity index (χ3v) is 3.77. The Kier molecular flexibility index (Phi) is 6.78. The molecule has 6 heteroatoms. The molecule has 0 aromatic carbocycles. The quantitative estimate of drug-likeness (QED) is 0.799. The highest BCUT2D eigenvalue weighted by molar-refractivity contribution is 5.76. The van der Waals surface area contributed by atoms with E-state index in [0.29, 0.717) is 6.54 Å². The van der Waals surface area contributed by atoms with Crippen molar-refractivity contribution in [1.82, 2.24) is 14.7 Å². The van der Waals surface area contributed by atoms with Crippen molar-refractivity contribution in [2.75, 3.05) is 39.3 Å². The van der Waals surface area contributed by atoms with Gasteiger partial charge in [0.05, 0.1) is 6.42 Å². The van der Waals surface area contributed by atoms with Crippen LogP contribution in [0.5, 0.6) is 0 Å². The number of carbonyl (C=O) groups excluding carboxylic acids is 1. The van der Waals surface area contributed by atoms with E-state index in [1.165, 1.54) is 0 Å². The first-order valence-corrected chi connectivity index (χ1v) is 7.49. The molecule has 1 aliphatic heterocycles. The molecule has 1 saturated heterocycles. The summed E-state index contributed by atoms with van der Waals surface area (Å²) in [4.78, 5) is 29.1. The van der Waals surface area contributed by atoms with Crippen LogP contribution in [0, 0.1) is 0 Å². The van der Waals surface area contributed by atoms with Gasteiger partial charge in [-0.3, -0.25) is 9.69 Å². The van der Waals surface area contributed by atoms with Crippen molar-refractivity contribution in [1.29, 1.82) is 0 Å². The van der Waals surface area contributed by atoms with E-state index in [1.54, 1.807) is 11.8 Å². The molecule has 1 rings (SSSR count). The zero-order valence-corrected chi connectivity index (χ0v) is 12.8. The van der Waals surface area contributed by atoms with Gasteiger partial charge >= 0.3 is 12.0 Å². The maximum absolute atomic E-state index is 12.5. The van der Waals surface area contributed by atoms with Crippen LogP contribution in [0.1, 0.15) is 33.6 Å². The van der Waals surface area contributed by atoms with E-state index in [0.717, 1.165) is 39.1 Å². The lowest BCUT2D eigenvalue weighted by Crippen LogP contribution is -2.54. The minimum absolute atomic E-state index is 0.00458. The molecule has 0 radical (unpaired) electrons. The minimum atomic E-state index is -0.864. The minimum Gasteiger partial charge on any atom is -0.481 e. The number of aliphatic carboxylic acids is 1. The standard InChI is InChI=1S/C14H27N3O3/c1-4-6-15-7-9-16(10-8-15)14(20)17(5-2)12(3)11-13(18)19/h12H,4-11H2,1-3H3,(H,18,19). The Morgan fingerprint density at radius 2 is 1.80 bits per heavy atom. The van der Waals surface area contributed by atoms with Crippen molar-refractivity contribution in [3.05, 3.63) is 0 Å². The first kappa shape index (κ1) is 16.8. The van der Waals surface area contributed by atoms with Gasteiger partial charge in [0.1, 0.15) is 0 Å². The summed E-state index contributed by atoms with van der Waals surface area (Å²) in [5.41, 5.74) is 0. The van der Waals surface area contributed by atoms with E-state index in [-0.39, 0.29) is 18.5 Å². The van der Waals surface area contributed by atoms with E-state index in [2.05, 4.69) is 11.8 Å². The summed E-state index contributed by atoms with van der Waals surface area (Å²) in [7, 11) is 0. The predicted molar refractivity (Wildman–Crippen MR) is 77.8 cm³/mol. The van der Waals surface area contributed by atoms with Crippen molar-refractivity contribution >= 4 is 12.0 Å². The summed E-state index contributed by atoms with van der Waals surface area (Å²) in [6.07, 6.45) is 1.13. The van der Waals surface area contributed by atoms with Crippen molar-refractivity contribution in [3.8, 4) is 0 Å². The average Bonchev–Trinajstić information content (AvgIpc) is 2.39. The molecule has 2 amide bonds. The number of hydrogen-bond acceptors (Lipinski definition) is 3. The van der Waals surface area contributed by atoms with E-state index < -0.39 is 5.97 Å². The van der Waals surface area contributed by atoms with Crippen molar-refractivity contribution in [2.45, 2.75) is 39.7 Å². The van der Waals surface area contributed by atoms with Crippen LogP contribution in [0.25, 0.3) is 0 Å². The van der Waals surface area contributed by atoms with Crippen molar-refractivity contribution < 1.29 is 14.7 Å². The van der Waals surface area contributed by atoms with Crippen LogP contribution >= 0.6 is 0 Å². The first-order chi connectivity index (χ1) is 9.49. The van der Waals surface area contributed by atoms with Crippen LogP contribution in [0.15, 0.2) is 0 Å². The fourth-order valence-corrected chi connectivity index (χ4v) is 2.66. The monoisotopic (exact) mass is 285 g/mol. The van der Waals surface area contributed by atoms with E-state index in [9.17, 15) is 9.59 Å². The van der Waals surface area contributed by atoms with Crippen LogP contribution in [0.4, 0.5) is 4.79 Å². The topological polar surface area (TPSA) is 64.1 Å². The molecule has 1 unspecified atom stereocenters. The highest BCUT2D eigenvalue weighted by Crippen LogP contribution is 2.11. The number of piperazine rings is 1. The molecule has 116 valence electrons. The van der Waals surface area contributed by atoms with Crippen LogP contribution in [-0.4, -0.2) is 77.1 Å².